The summed E-state index contributed by atoms with van der Waals surface area (Å²) in [7, 11) is 0. The van der Waals surface area contributed by atoms with E-state index < -0.39 is 0 Å². The summed E-state index contributed by atoms with van der Waals surface area (Å²) >= 11 is 9.41. The summed E-state index contributed by atoms with van der Waals surface area (Å²) in [5.41, 5.74) is 0.845. The molecule has 1 aromatic heterocycles. The van der Waals surface area contributed by atoms with E-state index in [2.05, 4.69) is 36.4 Å². The molecule has 6 nitrogen and oxygen atoms in total. The lowest BCUT2D eigenvalue weighted by atomic mass is 10.2. The third-order valence-electron chi connectivity index (χ3n) is 3.06. The number of aromatic nitrogens is 3. The van der Waals surface area contributed by atoms with Crippen LogP contribution in [-0.4, -0.2) is 27.7 Å². The molecular formula is C16H12BrClN4O2. The Kier molecular flexibility index (Phi) is 5.12. The van der Waals surface area contributed by atoms with Crippen LogP contribution in [0.5, 0.6) is 5.75 Å². The van der Waals surface area contributed by atoms with Gasteiger partial charge < -0.3 is 4.74 Å². The van der Waals surface area contributed by atoms with E-state index in [1.54, 1.807) is 24.3 Å². The number of hydrogen-bond acceptors (Lipinski definition) is 4. The second-order valence-electron chi connectivity index (χ2n) is 4.75. The summed E-state index contributed by atoms with van der Waals surface area (Å²) in [6, 6.07) is 14.5. The van der Waals surface area contributed by atoms with Crippen LogP contribution in [0.3, 0.4) is 0 Å². The zero-order valence-electron chi connectivity index (χ0n) is 12.3. The highest BCUT2D eigenvalue weighted by Gasteiger charge is 2.11. The van der Waals surface area contributed by atoms with Crippen molar-refractivity contribution in [3.05, 3.63) is 58.0 Å². The average Bonchev–Trinajstić information content (AvgIpc) is 3.03. The van der Waals surface area contributed by atoms with Crippen LogP contribution >= 0.6 is 27.5 Å². The standard InChI is InChI=1S/C16H12BrClN4O2/c17-11-6-2-1-5-10(11)15-20-16(22-21-15)19-14(23)9-24-13-8-4-3-7-12(13)18/h1-8H,9H2,(H2,19,20,21,22,23). The molecule has 1 heterocycles. The van der Waals surface area contributed by atoms with E-state index in [0.717, 1.165) is 10.0 Å². The largest absolute Gasteiger partial charge is 0.482 e. The van der Waals surface area contributed by atoms with E-state index in [1.807, 2.05) is 24.3 Å². The number of nitrogens with zero attached hydrogens (tertiary/aromatic N) is 2. The molecule has 122 valence electrons. The molecule has 3 rings (SSSR count). The summed E-state index contributed by atoms with van der Waals surface area (Å²) in [4.78, 5) is 16.2. The van der Waals surface area contributed by atoms with Crippen LogP contribution in [0.1, 0.15) is 0 Å². The fraction of sp³-hybridized carbons (Fsp3) is 0.0625. The number of carbonyl (C=O) groups is 1. The Hall–Kier alpha value is -2.38. The molecule has 0 unspecified atom stereocenters. The lowest BCUT2D eigenvalue weighted by Crippen LogP contribution is -2.20. The van der Waals surface area contributed by atoms with Crippen molar-refractivity contribution in [2.75, 3.05) is 11.9 Å². The fourth-order valence-corrected chi connectivity index (χ4v) is 2.62. The van der Waals surface area contributed by atoms with Crippen molar-refractivity contribution in [2.45, 2.75) is 0 Å². The second-order valence-corrected chi connectivity index (χ2v) is 6.02. The Balaban J connectivity index is 1.62. The summed E-state index contributed by atoms with van der Waals surface area (Å²) in [5.74, 6) is 0.782. The Morgan fingerprint density at radius 3 is 2.75 bits per heavy atom. The van der Waals surface area contributed by atoms with Gasteiger partial charge in [-0.15, -0.1) is 5.10 Å². The highest BCUT2D eigenvalue weighted by atomic mass is 79.9. The number of carbonyl (C=O) groups excluding carboxylic acids is 1. The minimum Gasteiger partial charge on any atom is -0.482 e. The second kappa shape index (κ2) is 7.46. The van der Waals surface area contributed by atoms with E-state index in [9.17, 15) is 4.79 Å². The molecule has 0 saturated carbocycles. The quantitative estimate of drug-likeness (QED) is 0.672. The maximum Gasteiger partial charge on any atom is 0.264 e. The molecule has 0 bridgehead atoms. The topological polar surface area (TPSA) is 79.9 Å². The number of ether oxygens (including phenoxy) is 1. The van der Waals surface area contributed by atoms with Gasteiger partial charge in [0.15, 0.2) is 12.4 Å². The molecule has 0 radical (unpaired) electrons. The van der Waals surface area contributed by atoms with E-state index >= 15 is 0 Å². The van der Waals surface area contributed by atoms with E-state index in [4.69, 9.17) is 16.3 Å². The first-order valence-corrected chi connectivity index (χ1v) is 8.15. The number of rotatable bonds is 5. The van der Waals surface area contributed by atoms with Gasteiger partial charge in [0.1, 0.15) is 5.75 Å². The maximum atomic E-state index is 11.9. The van der Waals surface area contributed by atoms with Gasteiger partial charge in [0.25, 0.3) is 5.91 Å². The van der Waals surface area contributed by atoms with Gasteiger partial charge in [-0.3, -0.25) is 15.2 Å². The number of halogens is 2. The van der Waals surface area contributed by atoms with Gasteiger partial charge in [0, 0.05) is 10.0 Å². The van der Waals surface area contributed by atoms with Gasteiger partial charge in [-0.1, -0.05) is 57.9 Å². The monoisotopic (exact) mass is 406 g/mol. The number of aromatic amines is 1. The van der Waals surface area contributed by atoms with Crippen molar-refractivity contribution in [1.29, 1.82) is 0 Å². The van der Waals surface area contributed by atoms with Crippen molar-refractivity contribution < 1.29 is 9.53 Å². The number of anilines is 1. The molecular weight excluding hydrogens is 396 g/mol. The molecule has 0 aliphatic carbocycles. The van der Waals surface area contributed by atoms with E-state index in [-0.39, 0.29) is 18.5 Å². The fourth-order valence-electron chi connectivity index (χ4n) is 1.96. The smallest absolute Gasteiger partial charge is 0.264 e. The predicted octanol–water partition coefficient (Wildman–Crippen LogP) is 3.91. The minimum atomic E-state index is -0.382. The Morgan fingerprint density at radius 2 is 1.96 bits per heavy atom. The Labute approximate surface area is 151 Å². The molecule has 0 aliphatic heterocycles. The molecule has 2 aromatic carbocycles. The Morgan fingerprint density at radius 1 is 1.21 bits per heavy atom. The van der Waals surface area contributed by atoms with Crippen LogP contribution in [0.4, 0.5) is 5.95 Å². The Bertz CT molecular complexity index is 869. The van der Waals surface area contributed by atoms with Crippen molar-refractivity contribution in [2.24, 2.45) is 0 Å². The maximum absolute atomic E-state index is 11.9. The van der Waals surface area contributed by atoms with Crippen molar-refractivity contribution in [1.82, 2.24) is 15.2 Å². The molecule has 2 N–H and O–H groups in total. The molecule has 0 aliphatic rings. The third kappa shape index (κ3) is 3.93. The lowest BCUT2D eigenvalue weighted by Gasteiger charge is -2.06. The molecule has 0 spiro atoms. The molecule has 1 amide bonds. The van der Waals surface area contributed by atoms with E-state index in [1.165, 1.54) is 0 Å². The first-order chi connectivity index (χ1) is 11.6. The normalized spacial score (nSPS) is 10.4. The number of para-hydroxylation sites is 1. The first-order valence-electron chi connectivity index (χ1n) is 6.98. The van der Waals surface area contributed by atoms with Crippen LogP contribution in [0, 0.1) is 0 Å². The summed E-state index contributed by atoms with van der Waals surface area (Å²) in [5, 5.41) is 9.77. The van der Waals surface area contributed by atoms with E-state index in [0.29, 0.717) is 16.6 Å². The number of H-pyrrole nitrogens is 1. The number of amides is 1. The average molecular weight is 408 g/mol. The van der Waals surface area contributed by atoms with Crippen LogP contribution in [0.15, 0.2) is 53.0 Å². The molecule has 0 saturated heterocycles. The summed E-state index contributed by atoms with van der Waals surface area (Å²) in [6.07, 6.45) is 0. The molecule has 24 heavy (non-hydrogen) atoms. The zero-order chi connectivity index (χ0) is 16.9. The van der Waals surface area contributed by atoms with Crippen LogP contribution < -0.4 is 10.1 Å². The first kappa shape index (κ1) is 16.5. The van der Waals surface area contributed by atoms with Crippen molar-refractivity contribution >= 4 is 39.4 Å². The number of benzene rings is 2. The van der Waals surface area contributed by atoms with Crippen LogP contribution in [0.25, 0.3) is 11.4 Å². The highest BCUT2D eigenvalue weighted by Crippen LogP contribution is 2.25. The molecule has 3 aromatic rings. The predicted molar refractivity (Wildman–Crippen MR) is 95.1 cm³/mol. The van der Waals surface area contributed by atoms with Crippen molar-refractivity contribution in [3.63, 3.8) is 0 Å². The van der Waals surface area contributed by atoms with Gasteiger partial charge in [0.2, 0.25) is 5.95 Å². The van der Waals surface area contributed by atoms with Gasteiger partial charge in [-0.2, -0.15) is 4.98 Å². The third-order valence-corrected chi connectivity index (χ3v) is 4.06. The molecule has 0 fully saturated rings. The SMILES string of the molecule is O=C(COc1ccccc1Cl)Nc1n[nH]c(-c2ccccc2Br)n1. The van der Waals surface area contributed by atoms with Gasteiger partial charge in [-0.25, -0.2) is 0 Å². The summed E-state index contributed by atoms with van der Waals surface area (Å²) in [6.45, 7) is -0.192. The number of hydrogen-bond donors (Lipinski definition) is 2. The van der Waals surface area contributed by atoms with Crippen molar-refractivity contribution in [3.8, 4) is 17.1 Å². The molecule has 0 atom stereocenters. The number of nitrogens with one attached hydrogen (secondary N) is 2. The van der Waals surface area contributed by atoms with Crippen LogP contribution in [-0.2, 0) is 4.79 Å². The highest BCUT2D eigenvalue weighted by molar-refractivity contribution is 9.10. The van der Waals surface area contributed by atoms with Gasteiger partial charge in [0.05, 0.1) is 5.02 Å². The zero-order valence-corrected chi connectivity index (χ0v) is 14.6. The minimum absolute atomic E-state index is 0.175. The van der Waals surface area contributed by atoms with Gasteiger partial charge in [-0.05, 0) is 18.2 Å². The van der Waals surface area contributed by atoms with Crippen LogP contribution in [0.2, 0.25) is 5.02 Å². The van der Waals surface area contributed by atoms with Gasteiger partial charge >= 0.3 is 0 Å². The lowest BCUT2D eigenvalue weighted by molar-refractivity contribution is -0.118. The summed E-state index contributed by atoms with van der Waals surface area (Å²) < 4.78 is 6.24. The molecule has 8 heteroatoms.